The first kappa shape index (κ1) is 17.8. The highest BCUT2D eigenvalue weighted by molar-refractivity contribution is 5.50. The summed E-state index contributed by atoms with van der Waals surface area (Å²) >= 11 is 0. The Kier molecular flexibility index (Phi) is 8.87. The van der Waals surface area contributed by atoms with Crippen LogP contribution in [0.5, 0.6) is 5.75 Å². The van der Waals surface area contributed by atoms with Crippen LogP contribution < -0.4 is 9.64 Å². The highest BCUT2D eigenvalue weighted by Crippen LogP contribution is 2.21. The molecule has 0 aliphatic heterocycles. The van der Waals surface area contributed by atoms with Crippen LogP contribution in [0.1, 0.15) is 34.1 Å². The second-order valence-electron chi connectivity index (χ2n) is 4.65. The van der Waals surface area contributed by atoms with E-state index in [0.717, 1.165) is 25.3 Å². The van der Waals surface area contributed by atoms with Crippen molar-refractivity contribution in [2.75, 3.05) is 37.8 Å². The van der Waals surface area contributed by atoms with Crippen LogP contribution in [-0.4, -0.2) is 39.2 Å². The maximum Gasteiger partial charge on any atom is 0.160 e. The van der Waals surface area contributed by atoms with Crippen LogP contribution in [0.3, 0.4) is 0 Å². The summed E-state index contributed by atoms with van der Waals surface area (Å²) in [4.78, 5) is 2.30. The van der Waals surface area contributed by atoms with E-state index in [9.17, 15) is 0 Å². The van der Waals surface area contributed by atoms with Crippen LogP contribution in [0, 0.1) is 0 Å². The van der Waals surface area contributed by atoms with E-state index in [0.29, 0.717) is 19.8 Å². The Morgan fingerprint density at radius 1 is 1.00 bits per heavy atom. The number of hydrogen-bond acceptors (Lipinski definition) is 4. The molecule has 0 atom stereocenters. The van der Waals surface area contributed by atoms with Crippen LogP contribution in [0.4, 0.5) is 5.69 Å². The monoisotopic (exact) mass is 295 g/mol. The fraction of sp³-hybridized carbons (Fsp3) is 0.647. The molecule has 0 bridgehead atoms. The van der Waals surface area contributed by atoms with Gasteiger partial charge in [0.05, 0.1) is 6.61 Å². The minimum Gasteiger partial charge on any atom is -0.493 e. The zero-order chi connectivity index (χ0) is 15.5. The molecule has 0 aromatic heterocycles. The summed E-state index contributed by atoms with van der Waals surface area (Å²) < 4.78 is 16.8. The van der Waals surface area contributed by atoms with E-state index in [1.54, 1.807) is 0 Å². The minimum atomic E-state index is -0.175. The molecule has 1 rings (SSSR count). The van der Waals surface area contributed by atoms with Gasteiger partial charge in [-0.15, -0.1) is 0 Å². The molecule has 0 heterocycles. The van der Waals surface area contributed by atoms with Gasteiger partial charge in [0, 0.05) is 44.5 Å². The summed E-state index contributed by atoms with van der Waals surface area (Å²) in [5.41, 5.74) is 1.20. The van der Waals surface area contributed by atoms with Crippen LogP contribution >= 0.6 is 0 Å². The Morgan fingerprint density at radius 3 is 2.24 bits per heavy atom. The lowest BCUT2D eigenvalue weighted by Crippen LogP contribution is -2.22. The largest absolute Gasteiger partial charge is 0.493 e. The lowest BCUT2D eigenvalue weighted by atomic mass is 10.2. The average molecular weight is 295 g/mol. The molecular weight excluding hydrogens is 266 g/mol. The molecule has 0 saturated carbocycles. The third-order valence-corrected chi connectivity index (χ3v) is 3.27. The smallest absolute Gasteiger partial charge is 0.160 e. The van der Waals surface area contributed by atoms with Gasteiger partial charge in [0.25, 0.3) is 0 Å². The van der Waals surface area contributed by atoms with E-state index in [4.69, 9.17) is 14.2 Å². The molecule has 4 heteroatoms. The lowest BCUT2D eigenvalue weighted by molar-refractivity contribution is -0.142. The van der Waals surface area contributed by atoms with Crippen molar-refractivity contribution in [3.63, 3.8) is 0 Å². The van der Waals surface area contributed by atoms with E-state index in [-0.39, 0.29) is 6.29 Å². The predicted molar refractivity (Wildman–Crippen MR) is 87.2 cm³/mol. The third-order valence-electron chi connectivity index (χ3n) is 3.27. The van der Waals surface area contributed by atoms with Crippen molar-refractivity contribution in [3.8, 4) is 5.75 Å². The van der Waals surface area contributed by atoms with Gasteiger partial charge in [-0.2, -0.15) is 0 Å². The molecule has 0 amide bonds. The van der Waals surface area contributed by atoms with Gasteiger partial charge in [0.2, 0.25) is 0 Å². The topological polar surface area (TPSA) is 30.9 Å². The molecule has 21 heavy (non-hydrogen) atoms. The maximum atomic E-state index is 5.82. The van der Waals surface area contributed by atoms with Crippen LogP contribution in [0.25, 0.3) is 0 Å². The Hall–Kier alpha value is -1.26. The number of anilines is 1. The Morgan fingerprint density at radius 2 is 1.67 bits per heavy atom. The number of rotatable bonds is 11. The Bertz CT molecular complexity index is 374. The molecule has 0 fully saturated rings. The van der Waals surface area contributed by atoms with Crippen molar-refractivity contribution in [1.82, 2.24) is 0 Å². The van der Waals surface area contributed by atoms with Crippen LogP contribution in [-0.2, 0) is 9.47 Å². The fourth-order valence-electron chi connectivity index (χ4n) is 2.22. The average Bonchev–Trinajstić information content (AvgIpc) is 2.49. The van der Waals surface area contributed by atoms with Crippen molar-refractivity contribution in [2.45, 2.75) is 40.4 Å². The molecule has 120 valence electrons. The zero-order valence-electron chi connectivity index (χ0n) is 13.8. The Labute approximate surface area is 129 Å². The van der Waals surface area contributed by atoms with E-state index in [1.165, 1.54) is 5.69 Å². The van der Waals surface area contributed by atoms with Gasteiger partial charge in [0.1, 0.15) is 5.75 Å². The molecule has 4 nitrogen and oxygen atoms in total. The first-order valence-corrected chi connectivity index (χ1v) is 7.96. The number of benzene rings is 1. The second-order valence-corrected chi connectivity index (χ2v) is 4.65. The van der Waals surface area contributed by atoms with Gasteiger partial charge < -0.3 is 19.1 Å². The standard InChI is InChI=1S/C17H29NO3/c1-5-18(6-2)15-10-9-11-16(14-15)21-13-12-17(19-7-3)20-8-4/h9-11,14,17H,5-8,12-13H2,1-4H3. The third kappa shape index (κ3) is 6.36. The van der Waals surface area contributed by atoms with E-state index in [1.807, 2.05) is 26.0 Å². The van der Waals surface area contributed by atoms with E-state index < -0.39 is 0 Å². The SMILES string of the molecule is CCOC(CCOc1cccc(N(CC)CC)c1)OCC. The normalized spacial score (nSPS) is 10.9. The zero-order valence-corrected chi connectivity index (χ0v) is 13.8. The van der Waals surface area contributed by atoms with Gasteiger partial charge >= 0.3 is 0 Å². The van der Waals surface area contributed by atoms with Crippen molar-refractivity contribution >= 4 is 5.69 Å². The molecule has 0 radical (unpaired) electrons. The maximum absolute atomic E-state index is 5.82. The highest BCUT2D eigenvalue weighted by atomic mass is 16.7. The van der Waals surface area contributed by atoms with Crippen molar-refractivity contribution in [1.29, 1.82) is 0 Å². The molecule has 0 saturated heterocycles. The quantitative estimate of drug-likeness (QED) is 0.582. The molecule has 1 aromatic rings. The fourth-order valence-corrected chi connectivity index (χ4v) is 2.22. The molecule has 1 aromatic carbocycles. The Balaban J connectivity index is 2.49. The summed E-state index contributed by atoms with van der Waals surface area (Å²) in [6.45, 7) is 12.2. The van der Waals surface area contributed by atoms with Crippen molar-refractivity contribution < 1.29 is 14.2 Å². The summed E-state index contributed by atoms with van der Waals surface area (Å²) in [6.07, 6.45) is 0.558. The summed E-state index contributed by atoms with van der Waals surface area (Å²) in [5, 5.41) is 0. The lowest BCUT2D eigenvalue weighted by Gasteiger charge is -2.22. The van der Waals surface area contributed by atoms with E-state index in [2.05, 4.69) is 30.9 Å². The van der Waals surface area contributed by atoms with Gasteiger partial charge in [-0.25, -0.2) is 0 Å². The second kappa shape index (κ2) is 10.5. The predicted octanol–water partition coefficient (Wildman–Crippen LogP) is 3.70. The summed E-state index contributed by atoms with van der Waals surface area (Å²) in [7, 11) is 0. The summed E-state index contributed by atoms with van der Waals surface area (Å²) in [6, 6.07) is 8.22. The van der Waals surface area contributed by atoms with Gasteiger partial charge in [-0.3, -0.25) is 0 Å². The van der Waals surface area contributed by atoms with Gasteiger partial charge in [-0.05, 0) is 39.8 Å². The van der Waals surface area contributed by atoms with Crippen LogP contribution in [0.2, 0.25) is 0 Å². The van der Waals surface area contributed by atoms with Gasteiger partial charge in [-0.1, -0.05) is 6.07 Å². The molecule has 0 aliphatic carbocycles. The van der Waals surface area contributed by atoms with Crippen molar-refractivity contribution in [2.24, 2.45) is 0 Å². The first-order valence-electron chi connectivity index (χ1n) is 7.96. The highest BCUT2D eigenvalue weighted by Gasteiger charge is 2.08. The van der Waals surface area contributed by atoms with Crippen molar-refractivity contribution in [3.05, 3.63) is 24.3 Å². The molecule has 0 unspecified atom stereocenters. The van der Waals surface area contributed by atoms with Crippen LogP contribution in [0.15, 0.2) is 24.3 Å². The number of hydrogen-bond donors (Lipinski definition) is 0. The van der Waals surface area contributed by atoms with E-state index >= 15 is 0 Å². The molecule has 0 aliphatic rings. The molecule has 0 N–H and O–H groups in total. The first-order chi connectivity index (χ1) is 10.2. The molecule has 0 spiro atoms. The summed E-state index contributed by atoms with van der Waals surface area (Å²) in [5.74, 6) is 0.895. The number of ether oxygens (including phenoxy) is 3. The van der Waals surface area contributed by atoms with Gasteiger partial charge in [0.15, 0.2) is 6.29 Å². The number of nitrogens with zero attached hydrogens (tertiary/aromatic N) is 1. The molecular formula is C17H29NO3. The minimum absolute atomic E-state index is 0.175.